The van der Waals surface area contributed by atoms with Crippen LogP contribution in [-0.2, 0) is 14.3 Å². The zero-order chi connectivity index (χ0) is 12.6. The summed E-state index contributed by atoms with van der Waals surface area (Å²) in [6.45, 7) is 6.73. The van der Waals surface area contributed by atoms with Gasteiger partial charge in [0.25, 0.3) is 0 Å². The second-order valence-electron chi connectivity index (χ2n) is 4.23. The third-order valence-electron chi connectivity index (χ3n) is 2.95. The molecule has 5 heteroatoms. The molecule has 0 aliphatic carbocycles. The molecule has 94 valence electrons. The summed E-state index contributed by atoms with van der Waals surface area (Å²) in [5.74, 6) is -0.0931. The van der Waals surface area contributed by atoms with Gasteiger partial charge in [-0.25, -0.2) is 0 Å². The molecule has 0 radical (unpaired) electrons. The Balaban J connectivity index is 2.29. The molecule has 1 saturated heterocycles. The van der Waals surface area contributed by atoms with E-state index in [1.165, 1.54) is 22.2 Å². The van der Waals surface area contributed by atoms with E-state index in [4.69, 9.17) is 9.47 Å². The summed E-state index contributed by atoms with van der Waals surface area (Å²) in [4.78, 5) is 13.6. The largest absolute Gasteiger partial charge is 0.459 e. The van der Waals surface area contributed by atoms with Crippen LogP contribution in [0.15, 0.2) is 4.47 Å². The molecular formula is C12H15BrO3S. The summed E-state index contributed by atoms with van der Waals surface area (Å²) in [7, 11) is 0. The number of carbonyl (C=O) groups excluding carboxylic acids is 1. The highest BCUT2D eigenvalue weighted by Crippen LogP contribution is 2.41. The maximum absolute atomic E-state index is 11.1. The highest BCUT2D eigenvalue weighted by Gasteiger charge is 2.35. The van der Waals surface area contributed by atoms with Gasteiger partial charge in [0.05, 0.1) is 13.2 Å². The Labute approximate surface area is 113 Å². The van der Waals surface area contributed by atoms with Crippen molar-refractivity contribution in [1.29, 1.82) is 0 Å². The van der Waals surface area contributed by atoms with Crippen molar-refractivity contribution in [1.82, 2.24) is 0 Å². The molecule has 0 aromatic carbocycles. The van der Waals surface area contributed by atoms with Crippen LogP contribution in [0.5, 0.6) is 0 Å². The summed E-state index contributed by atoms with van der Waals surface area (Å²) in [6.07, 6.45) is -0.156. The van der Waals surface area contributed by atoms with Crippen LogP contribution in [0.3, 0.4) is 0 Å². The van der Waals surface area contributed by atoms with Gasteiger partial charge in [-0.15, -0.1) is 11.3 Å². The van der Waals surface area contributed by atoms with E-state index < -0.39 is 0 Å². The van der Waals surface area contributed by atoms with Crippen molar-refractivity contribution < 1.29 is 14.3 Å². The average Bonchev–Trinajstić information content (AvgIpc) is 2.73. The Bertz CT molecular complexity index is 441. The summed E-state index contributed by atoms with van der Waals surface area (Å²) >= 11 is 5.38. The van der Waals surface area contributed by atoms with E-state index in [2.05, 4.69) is 29.8 Å². The number of rotatable bonds is 2. The first kappa shape index (κ1) is 13.1. The minimum Gasteiger partial charge on any atom is -0.459 e. The minimum atomic E-state index is -0.244. The van der Waals surface area contributed by atoms with Gasteiger partial charge in [0.1, 0.15) is 6.10 Å². The Morgan fingerprint density at radius 2 is 2.12 bits per heavy atom. The van der Waals surface area contributed by atoms with Crippen LogP contribution < -0.4 is 0 Å². The van der Waals surface area contributed by atoms with Crippen molar-refractivity contribution in [3.05, 3.63) is 19.8 Å². The first-order valence-corrected chi connectivity index (χ1v) is 7.12. The van der Waals surface area contributed by atoms with E-state index in [1.807, 2.05) is 0 Å². The average molecular weight is 319 g/mol. The molecule has 2 atom stereocenters. The first-order chi connectivity index (χ1) is 8.00. The Hall–Kier alpha value is -0.390. The minimum absolute atomic E-state index is 0.151. The number of esters is 1. The fourth-order valence-corrected chi connectivity index (χ4v) is 4.22. The molecule has 3 nitrogen and oxygen atoms in total. The lowest BCUT2D eigenvalue weighted by Gasteiger charge is -2.18. The molecule has 0 bridgehead atoms. The first-order valence-electron chi connectivity index (χ1n) is 5.51. The second-order valence-corrected chi connectivity index (χ2v) is 6.46. The van der Waals surface area contributed by atoms with Crippen LogP contribution >= 0.6 is 27.3 Å². The third kappa shape index (κ3) is 2.56. The number of hydrogen-bond donors (Lipinski definition) is 0. The molecule has 0 spiro atoms. The zero-order valence-electron chi connectivity index (χ0n) is 10.1. The maximum atomic E-state index is 11.1. The fourth-order valence-electron chi connectivity index (χ4n) is 2.23. The number of hydrogen-bond acceptors (Lipinski definition) is 4. The van der Waals surface area contributed by atoms with E-state index in [1.54, 1.807) is 11.3 Å². The summed E-state index contributed by atoms with van der Waals surface area (Å²) in [5, 5.41) is 0. The molecule has 17 heavy (non-hydrogen) atoms. The van der Waals surface area contributed by atoms with Gasteiger partial charge < -0.3 is 9.47 Å². The van der Waals surface area contributed by atoms with Crippen molar-refractivity contribution in [3.8, 4) is 0 Å². The SMILES string of the molecule is CC(=O)O[C@@H]1COC[C@H]1c1c(C)sc(C)c1Br. The highest BCUT2D eigenvalue weighted by atomic mass is 79.9. The Morgan fingerprint density at radius 1 is 1.41 bits per heavy atom. The molecule has 1 aliphatic rings. The molecule has 0 amide bonds. The predicted octanol–water partition coefficient (Wildman–Crippen LogP) is 3.17. The van der Waals surface area contributed by atoms with Gasteiger partial charge >= 0.3 is 5.97 Å². The van der Waals surface area contributed by atoms with Gasteiger partial charge in [-0.1, -0.05) is 0 Å². The van der Waals surface area contributed by atoms with Gasteiger partial charge in [-0.05, 0) is 35.3 Å². The molecule has 0 unspecified atom stereocenters. The molecule has 2 heterocycles. The molecule has 0 N–H and O–H groups in total. The van der Waals surface area contributed by atoms with E-state index in [0.29, 0.717) is 13.2 Å². The lowest BCUT2D eigenvalue weighted by atomic mass is 9.96. The molecular weight excluding hydrogens is 304 g/mol. The van der Waals surface area contributed by atoms with E-state index >= 15 is 0 Å². The van der Waals surface area contributed by atoms with Gasteiger partial charge in [0.2, 0.25) is 0 Å². The maximum Gasteiger partial charge on any atom is 0.303 e. The van der Waals surface area contributed by atoms with Gasteiger partial charge in [0.15, 0.2) is 0 Å². The van der Waals surface area contributed by atoms with E-state index in [0.717, 1.165) is 4.47 Å². The molecule has 1 aromatic rings. The van der Waals surface area contributed by atoms with Crippen LogP contribution in [0, 0.1) is 13.8 Å². The van der Waals surface area contributed by atoms with Gasteiger partial charge in [-0.3, -0.25) is 4.79 Å². The van der Waals surface area contributed by atoms with Crippen LogP contribution in [-0.4, -0.2) is 25.3 Å². The van der Waals surface area contributed by atoms with E-state index in [-0.39, 0.29) is 18.0 Å². The standard InChI is InChI=1S/C12H15BrO3S/c1-6-11(12(13)7(2)17-6)9-4-15-5-10(9)16-8(3)14/h9-10H,4-5H2,1-3H3/t9-,10-/m1/s1. The number of thiophene rings is 1. The third-order valence-corrected chi connectivity index (χ3v) is 5.27. The van der Waals surface area contributed by atoms with Crippen molar-refractivity contribution >= 4 is 33.2 Å². The molecule has 0 saturated carbocycles. The van der Waals surface area contributed by atoms with Crippen LogP contribution in [0.25, 0.3) is 0 Å². The smallest absolute Gasteiger partial charge is 0.303 e. The quantitative estimate of drug-likeness (QED) is 0.786. The van der Waals surface area contributed by atoms with Crippen molar-refractivity contribution in [2.45, 2.75) is 32.8 Å². The second kappa shape index (κ2) is 5.08. The lowest BCUT2D eigenvalue weighted by molar-refractivity contribution is -0.146. The van der Waals surface area contributed by atoms with Crippen molar-refractivity contribution in [2.75, 3.05) is 13.2 Å². The number of aryl methyl sites for hydroxylation is 2. The summed E-state index contributed by atoms with van der Waals surface area (Å²) in [5.41, 5.74) is 1.23. The molecule has 1 aliphatic heterocycles. The monoisotopic (exact) mass is 318 g/mol. The van der Waals surface area contributed by atoms with Crippen molar-refractivity contribution in [3.63, 3.8) is 0 Å². The van der Waals surface area contributed by atoms with Crippen LogP contribution in [0.4, 0.5) is 0 Å². The van der Waals surface area contributed by atoms with Gasteiger partial charge in [0, 0.05) is 27.1 Å². The predicted molar refractivity (Wildman–Crippen MR) is 70.6 cm³/mol. The van der Waals surface area contributed by atoms with Crippen LogP contribution in [0.1, 0.15) is 28.2 Å². The Morgan fingerprint density at radius 3 is 2.65 bits per heavy atom. The zero-order valence-corrected chi connectivity index (χ0v) is 12.5. The topological polar surface area (TPSA) is 35.5 Å². The Kier molecular flexibility index (Phi) is 3.90. The number of carbonyl (C=O) groups is 1. The highest BCUT2D eigenvalue weighted by molar-refractivity contribution is 9.10. The summed E-state index contributed by atoms with van der Waals surface area (Å²) in [6, 6.07) is 0. The molecule has 1 fully saturated rings. The normalized spacial score (nSPS) is 24.0. The molecule has 2 rings (SSSR count). The fraction of sp³-hybridized carbons (Fsp3) is 0.583. The van der Waals surface area contributed by atoms with Crippen molar-refractivity contribution in [2.24, 2.45) is 0 Å². The van der Waals surface area contributed by atoms with Crippen LogP contribution in [0.2, 0.25) is 0 Å². The molecule has 1 aromatic heterocycles. The number of halogens is 1. The van der Waals surface area contributed by atoms with Gasteiger partial charge in [-0.2, -0.15) is 0 Å². The lowest BCUT2D eigenvalue weighted by Crippen LogP contribution is -2.23. The number of ether oxygens (including phenoxy) is 2. The summed E-state index contributed by atoms with van der Waals surface area (Å²) < 4.78 is 11.9. The van der Waals surface area contributed by atoms with E-state index in [9.17, 15) is 4.79 Å².